The van der Waals surface area contributed by atoms with Crippen LogP contribution in [0.4, 0.5) is 0 Å². The molecule has 0 unspecified atom stereocenters. The first kappa shape index (κ1) is 12.6. The van der Waals surface area contributed by atoms with Crippen molar-refractivity contribution in [3.8, 4) is 5.75 Å². The van der Waals surface area contributed by atoms with Gasteiger partial charge in [-0.25, -0.2) is 0 Å². The van der Waals surface area contributed by atoms with Crippen LogP contribution in [0.5, 0.6) is 5.75 Å². The highest BCUT2D eigenvalue weighted by Crippen LogP contribution is 2.30. The minimum Gasteiger partial charge on any atom is -0.490 e. The lowest BCUT2D eigenvalue weighted by Gasteiger charge is -2.40. The van der Waals surface area contributed by atoms with E-state index < -0.39 is 0 Å². The molecule has 0 radical (unpaired) electrons. The maximum Gasteiger partial charge on any atom is 0.122 e. The largest absolute Gasteiger partial charge is 0.490 e. The summed E-state index contributed by atoms with van der Waals surface area (Å²) >= 11 is 12.0. The van der Waals surface area contributed by atoms with Crippen LogP contribution in [0.1, 0.15) is 32.1 Å². The lowest BCUT2D eigenvalue weighted by Crippen LogP contribution is -2.51. The molecule has 3 atom stereocenters. The van der Waals surface area contributed by atoms with Crippen LogP contribution in [0.3, 0.4) is 0 Å². The highest BCUT2D eigenvalue weighted by molar-refractivity contribution is 6.34. The van der Waals surface area contributed by atoms with Gasteiger partial charge in [0.05, 0.1) is 0 Å². The first-order valence-electron chi connectivity index (χ1n) is 6.58. The predicted molar refractivity (Wildman–Crippen MR) is 74.7 cm³/mol. The van der Waals surface area contributed by atoms with Gasteiger partial charge < -0.3 is 10.1 Å². The topological polar surface area (TPSA) is 21.3 Å². The molecule has 98 valence electrons. The van der Waals surface area contributed by atoms with Gasteiger partial charge >= 0.3 is 0 Å². The Morgan fingerprint density at radius 1 is 1.00 bits per heavy atom. The number of ether oxygens (including phenoxy) is 1. The van der Waals surface area contributed by atoms with E-state index in [4.69, 9.17) is 27.9 Å². The van der Waals surface area contributed by atoms with Gasteiger partial charge in [0, 0.05) is 22.1 Å². The summed E-state index contributed by atoms with van der Waals surface area (Å²) in [6.45, 7) is 0. The molecule has 1 N–H and O–H groups in total. The van der Waals surface area contributed by atoms with E-state index >= 15 is 0 Å². The van der Waals surface area contributed by atoms with Crippen molar-refractivity contribution < 1.29 is 4.74 Å². The van der Waals surface area contributed by atoms with Crippen LogP contribution in [0, 0.1) is 0 Å². The standard InChI is InChI=1S/C14H17Cl2NO/c15-9-4-10(16)6-13(5-9)18-14-7-11-2-1-3-12(8-14)17-11/h4-6,11-12,14,17H,1-3,7-8H2/t11-,12+,14+. The lowest BCUT2D eigenvalue weighted by molar-refractivity contribution is 0.0927. The number of benzene rings is 1. The number of piperidine rings is 2. The Bertz CT molecular complexity index is 406. The molecule has 1 aromatic rings. The molecule has 0 aromatic heterocycles. The van der Waals surface area contributed by atoms with E-state index in [1.165, 1.54) is 19.3 Å². The van der Waals surface area contributed by atoms with Crippen LogP contribution in [0.25, 0.3) is 0 Å². The predicted octanol–water partition coefficient (Wildman–Crippen LogP) is 4.05. The van der Waals surface area contributed by atoms with E-state index in [9.17, 15) is 0 Å². The van der Waals surface area contributed by atoms with Crippen LogP contribution in [-0.4, -0.2) is 18.2 Å². The fourth-order valence-electron chi connectivity index (χ4n) is 3.10. The number of nitrogens with one attached hydrogen (secondary N) is 1. The Morgan fingerprint density at radius 2 is 1.61 bits per heavy atom. The summed E-state index contributed by atoms with van der Waals surface area (Å²) in [6.07, 6.45) is 6.34. The maximum absolute atomic E-state index is 6.04. The summed E-state index contributed by atoms with van der Waals surface area (Å²) in [7, 11) is 0. The zero-order chi connectivity index (χ0) is 12.5. The zero-order valence-electron chi connectivity index (χ0n) is 10.2. The Morgan fingerprint density at radius 3 is 2.22 bits per heavy atom. The average molecular weight is 286 g/mol. The molecule has 18 heavy (non-hydrogen) atoms. The number of hydrogen-bond donors (Lipinski definition) is 1. The van der Waals surface area contributed by atoms with Crippen molar-refractivity contribution in [3.05, 3.63) is 28.2 Å². The minimum absolute atomic E-state index is 0.288. The van der Waals surface area contributed by atoms with Gasteiger partial charge in [0.2, 0.25) is 0 Å². The molecule has 1 aromatic carbocycles. The quantitative estimate of drug-likeness (QED) is 0.885. The molecule has 2 aliphatic rings. The van der Waals surface area contributed by atoms with Crippen molar-refractivity contribution >= 4 is 23.2 Å². The van der Waals surface area contributed by atoms with Gasteiger partial charge in [0.15, 0.2) is 0 Å². The van der Waals surface area contributed by atoms with Gasteiger partial charge in [-0.15, -0.1) is 0 Å². The van der Waals surface area contributed by atoms with E-state index in [1.807, 2.05) is 12.1 Å². The van der Waals surface area contributed by atoms with Crippen molar-refractivity contribution in [1.29, 1.82) is 0 Å². The summed E-state index contributed by atoms with van der Waals surface area (Å²) in [4.78, 5) is 0. The van der Waals surface area contributed by atoms with Crippen molar-refractivity contribution in [3.63, 3.8) is 0 Å². The number of halogens is 2. The summed E-state index contributed by atoms with van der Waals surface area (Å²) in [5, 5.41) is 4.92. The molecule has 2 saturated heterocycles. The van der Waals surface area contributed by atoms with Gasteiger partial charge in [-0.05, 0) is 43.9 Å². The first-order valence-corrected chi connectivity index (χ1v) is 7.33. The van der Waals surface area contributed by atoms with Crippen LogP contribution in [0.2, 0.25) is 10.0 Å². The lowest BCUT2D eigenvalue weighted by atomic mass is 9.85. The molecule has 4 heteroatoms. The van der Waals surface area contributed by atoms with Crippen molar-refractivity contribution in [2.24, 2.45) is 0 Å². The van der Waals surface area contributed by atoms with E-state index in [1.54, 1.807) is 6.07 Å². The molecular formula is C14H17Cl2NO. The molecular weight excluding hydrogens is 269 g/mol. The average Bonchev–Trinajstić information content (AvgIpc) is 2.26. The molecule has 2 bridgehead atoms. The van der Waals surface area contributed by atoms with Gasteiger partial charge in [-0.2, -0.15) is 0 Å². The van der Waals surface area contributed by atoms with E-state index in [-0.39, 0.29) is 6.10 Å². The maximum atomic E-state index is 6.04. The molecule has 0 spiro atoms. The molecule has 0 amide bonds. The van der Waals surface area contributed by atoms with Gasteiger partial charge in [-0.1, -0.05) is 29.6 Å². The first-order chi connectivity index (χ1) is 8.69. The molecule has 2 fully saturated rings. The minimum atomic E-state index is 0.288. The fourth-order valence-corrected chi connectivity index (χ4v) is 3.60. The fraction of sp³-hybridized carbons (Fsp3) is 0.571. The molecule has 2 heterocycles. The third-order valence-corrected chi connectivity index (χ3v) is 4.25. The highest BCUT2D eigenvalue weighted by atomic mass is 35.5. The second-order valence-corrected chi connectivity index (χ2v) is 6.18. The third-order valence-electron chi connectivity index (χ3n) is 3.81. The second kappa shape index (κ2) is 5.28. The Hall–Kier alpha value is -0.440. The molecule has 0 aliphatic carbocycles. The summed E-state index contributed by atoms with van der Waals surface area (Å²) in [5.74, 6) is 0.789. The Balaban J connectivity index is 1.68. The van der Waals surface area contributed by atoms with Crippen LogP contribution >= 0.6 is 23.2 Å². The van der Waals surface area contributed by atoms with Crippen molar-refractivity contribution in [2.45, 2.75) is 50.3 Å². The van der Waals surface area contributed by atoms with E-state index in [0.717, 1.165) is 18.6 Å². The molecule has 2 aliphatic heterocycles. The van der Waals surface area contributed by atoms with Gasteiger partial charge in [0.1, 0.15) is 11.9 Å². The summed E-state index contributed by atoms with van der Waals surface area (Å²) in [5.41, 5.74) is 0. The van der Waals surface area contributed by atoms with Gasteiger partial charge in [-0.3, -0.25) is 0 Å². The number of hydrogen-bond acceptors (Lipinski definition) is 2. The number of rotatable bonds is 2. The molecule has 0 saturated carbocycles. The van der Waals surface area contributed by atoms with E-state index in [0.29, 0.717) is 22.1 Å². The number of fused-ring (bicyclic) bond motifs is 2. The smallest absolute Gasteiger partial charge is 0.122 e. The van der Waals surface area contributed by atoms with E-state index in [2.05, 4.69) is 5.32 Å². The van der Waals surface area contributed by atoms with Crippen LogP contribution in [0.15, 0.2) is 18.2 Å². The SMILES string of the molecule is Clc1cc(Cl)cc(O[C@H]2C[C@H]3CCC[C@@H](C2)N3)c1. The van der Waals surface area contributed by atoms with Crippen LogP contribution in [-0.2, 0) is 0 Å². The monoisotopic (exact) mass is 285 g/mol. The van der Waals surface area contributed by atoms with Gasteiger partial charge in [0.25, 0.3) is 0 Å². The normalized spacial score (nSPS) is 31.1. The Kier molecular flexibility index (Phi) is 3.69. The third kappa shape index (κ3) is 2.93. The molecule has 3 rings (SSSR count). The zero-order valence-corrected chi connectivity index (χ0v) is 11.7. The highest BCUT2D eigenvalue weighted by Gasteiger charge is 2.32. The van der Waals surface area contributed by atoms with Crippen molar-refractivity contribution in [2.75, 3.05) is 0 Å². The van der Waals surface area contributed by atoms with Crippen LogP contribution < -0.4 is 10.1 Å². The van der Waals surface area contributed by atoms with Crippen molar-refractivity contribution in [1.82, 2.24) is 5.32 Å². The second-order valence-electron chi connectivity index (χ2n) is 5.31. The molecule has 2 nitrogen and oxygen atoms in total. The summed E-state index contributed by atoms with van der Waals surface area (Å²) < 4.78 is 6.04. The Labute approximate surface area is 118 Å². The summed E-state index contributed by atoms with van der Waals surface area (Å²) in [6, 6.07) is 6.65.